The molecule has 0 aliphatic heterocycles. The number of rotatable bonds is 2. The maximum atomic E-state index is 11.3. The van der Waals surface area contributed by atoms with Crippen molar-refractivity contribution in [1.29, 1.82) is 0 Å². The van der Waals surface area contributed by atoms with Crippen LogP contribution in [-0.4, -0.2) is 17.4 Å². The van der Waals surface area contributed by atoms with Gasteiger partial charge in [0.1, 0.15) is 5.69 Å². The van der Waals surface area contributed by atoms with Crippen LogP contribution in [0.25, 0.3) is 0 Å². The Morgan fingerprint density at radius 1 is 1.77 bits per heavy atom. The largest absolute Gasteiger partial charge is 0.340 e. The van der Waals surface area contributed by atoms with Gasteiger partial charge in [0.25, 0.3) is 5.91 Å². The van der Waals surface area contributed by atoms with E-state index in [4.69, 9.17) is 6.42 Å². The van der Waals surface area contributed by atoms with Crippen LogP contribution < -0.4 is 5.32 Å². The van der Waals surface area contributed by atoms with Gasteiger partial charge < -0.3 is 5.32 Å². The van der Waals surface area contributed by atoms with E-state index in [0.717, 1.165) is 0 Å². The number of carbonyl (C=O) groups excluding carboxylic acids is 1. The van der Waals surface area contributed by atoms with Gasteiger partial charge in [-0.15, -0.1) is 6.42 Å². The lowest BCUT2D eigenvalue weighted by Crippen LogP contribution is -2.24. The number of halogens is 1. The molecule has 0 bridgehead atoms. The fourth-order valence-electron chi connectivity index (χ4n) is 0.768. The lowest BCUT2D eigenvalue weighted by atomic mass is 10.3. The Balaban J connectivity index is 2.78. The maximum Gasteiger partial charge on any atom is 0.271 e. The Morgan fingerprint density at radius 2 is 2.54 bits per heavy atom. The zero-order valence-electron chi connectivity index (χ0n) is 6.75. The minimum atomic E-state index is -0.273. The summed E-state index contributed by atoms with van der Waals surface area (Å²) in [7, 11) is 0. The molecule has 1 aromatic heterocycles. The van der Waals surface area contributed by atoms with E-state index >= 15 is 0 Å². The highest BCUT2D eigenvalue weighted by atomic mass is 79.9. The predicted molar refractivity (Wildman–Crippen MR) is 53.1 cm³/mol. The lowest BCUT2D eigenvalue weighted by Gasteiger charge is -2.01. The van der Waals surface area contributed by atoms with Gasteiger partial charge >= 0.3 is 0 Å². The number of hydrogen-bond donors (Lipinski definition) is 1. The first kappa shape index (κ1) is 9.75. The first-order chi connectivity index (χ1) is 6.25. The number of hydrogen-bond acceptors (Lipinski definition) is 2. The second-order valence-electron chi connectivity index (χ2n) is 2.22. The summed E-state index contributed by atoms with van der Waals surface area (Å²) in [6, 6.07) is 3.49. The van der Waals surface area contributed by atoms with Gasteiger partial charge in [-0.25, -0.2) is 4.98 Å². The van der Waals surface area contributed by atoms with Crippen molar-refractivity contribution >= 4 is 21.8 Å². The van der Waals surface area contributed by atoms with Gasteiger partial charge in [0.2, 0.25) is 0 Å². The first-order valence-corrected chi connectivity index (χ1v) is 4.37. The molecular formula is C9H7BrN2O. The predicted octanol–water partition coefficient (Wildman–Crippen LogP) is 1.21. The third-order valence-corrected chi connectivity index (χ3v) is 1.96. The van der Waals surface area contributed by atoms with E-state index in [0.29, 0.717) is 10.2 Å². The number of terminal acetylenes is 1. The Labute approximate surface area is 84.7 Å². The van der Waals surface area contributed by atoms with Crippen LogP contribution >= 0.6 is 15.9 Å². The van der Waals surface area contributed by atoms with Crippen molar-refractivity contribution < 1.29 is 4.79 Å². The number of nitrogens with one attached hydrogen (secondary N) is 1. The molecule has 3 nitrogen and oxygen atoms in total. The van der Waals surface area contributed by atoms with E-state index in [1.165, 1.54) is 0 Å². The molecule has 0 radical (unpaired) electrons. The van der Waals surface area contributed by atoms with Crippen molar-refractivity contribution in [2.75, 3.05) is 6.54 Å². The third kappa shape index (κ3) is 2.56. The molecule has 0 spiro atoms. The number of amides is 1. The van der Waals surface area contributed by atoms with Gasteiger partial charge in [0, 0.05) is 10.7 Å². The molecule has 66 valence electrons. The minimum absolute atomic E-state index is 0.210. The minimum Gasteiger partial charge on any atom is -0.340 e. The van der Waals surface area contributed by atoms with Crippen molar-refractivity contribution in [2.45, 2.75) is 0 Å². The smallest absolute Gasteiger partial charge is 0.271 e. The van der Waals surface area contributed by atoms with Crippen LogP contribution in [0.15, 0.2) is 22.8 Å². The summed E-state index contributed by atoms with van der Waals surface area (Å²) in [6.07, 6.45) is 6.55. The maximum absolute atomic E-state index is 11.3. The number of pyridine rings is 1. The molecule has 0 saturated carbocycles. The van der Waals surface area contributed by atoms with Crippen LogP contribution in [0.2, 0.25) is 0 Å². The Morgan fingerprint density at radius 3 is 3.15 bits per heavy atom. The van der Waals surface area contributed by atoms with Gasteiger partial charge in [-0.2, -0.15) is 0 Å². The molecule has 0 atom stereocenters. The van der Waals surface area contributed by atoms with E-state index in [1.54, 1.807) is 18.3 Å². The summed E-state index contributed by atoms with van der Waals surface area (Å²) < 4.78 is 0.657. The quantitative estimate of drug-likeness (QED) is 0.788. The van der Waals surface area contributed by atoms with E-state index in [2.05, 4.69) is 32.2 Å². The van der Waals surface area contributed by atoms with Crippen molar-refractivity contribution in [1.82, 2.24) is 10.3 Å². The Bertz CT molecular complexity index is 357. The molecular weight excluding hydrogens is 232 g/mol. The highest BCUT2D eigenvalue weighted by Crippen LogP contribution is 2.12. The van der Waals surface area contributed by atoms with E-state index in [-0.39, 0.29) is 12.5 Å². The molecule has 1 heterocycles. The van der Waals surface area contributed by atoms with Crippen molar-refractivity contribution in [2.24, 2.45) is 0 Å². The summed E-state index contributed by atoms with van der Waals surface area (Å²) in [6.45, 7) is 0.210. The van der Waals surface area contributed by atoms with Crippen LogP contribution in [0.5, 0.6) is 0 Å². The van der Waals surface area contributed by atoms with Crippen molar-refractivity contribution in [3.8, 4) is 12.3 Å². The molecule has 0 aliphatic rings. The Kier molecular flexibility index (Phi) is 3.47. The average molecular weight is 239 g/mol. The normalized spacial score (nSPS) is 8.92. The van der Waals surface area contributed by atoms with E-state index in [9.17, 15) is 4.79 Å². The molecule has 0 saturated heterocycles. The molecule has 13 heavy (non-hydrogen) atoms. The fraction of sp³-hybridized carbons (Fsp3) is 0.111. The summed E-state index contributed by atoms with van der Waals surface area (Å²) in [5.74, 6) is 2.04. The standard InChI is InChI=1S/C9H7BrN2O/c1-2-5-12-9(13)8-7(10)4-3-6-11-8/h1,3-4,6H,5H2,(H,12,13). The second kappa shape index (κ2) is 4.63. The topological polar surface area (TPSA) is 42.0 Å². The zero-order chi connectivity index (χ0) is 9.68. The van der Waals surface area contributed by atoms with Crippen LogP contribution in [0.3, 0.4) is 0 Å². The van der Waals surface area contributed by atoms with Gasteiger partial charge in [-0.1, -0.05) is 5.92 Å². The highest BCUT2D eigenvalue weighted by Gasteiger charge is 2.08. The van der Waals surface area contributed by atoms with E-state index in [1.807, 2.05) is 0 Å². The lowest BCUT2D eigenvalue weighted by molar-refractivity contribution is 0.0953. The molecule has 0 aromatic carbocycles. The van der Waals surface area contributed by atoms with Crippen LogP contribution in [0.1, 0.15) is 10.5 Å². The van der Waals surface area contributed by atoms with Crippen molar-refractivity contribution in [3.05, 3.63) is 28.5 Å². The molecule has 1 N–H and O–H groups in total. The summed E-state index contributed by atoms with van der Waals surface area (Å²) in [5, 5.41) is 2.52. The van der Waals surface area contributed by atoms with Crippen LogP contribution in [0, 0.1) is 12.3 Å². The summed E-state index contributed by atoms with van der Waals surface area (Å²) in [5.41, 5.74) is 0.345. The number of aromatic nitrogens is 1. The number of nitrogens with zero attached hydrogens (tertiary/aromatic N) is 1. The summed E-state index contributed by atoms with van der Waals surface area (Å²) in [4.78, 5) is 15.2. The zero-order valence-corrected chi connectivity index (χ0v) is 8.34. The molecule has 4 heteroatoms. The highest BCUT2D eigenvalue weighted by molar-refractivity contribution is 9.10. The van der Waals surface area contributed by atoms with Crippen LogP contribution in [0.4, 0.5) is 0 Å². The SMILES string of the molecule is C#CCNC(=O)c1ncccc1Br. The first-order valence-electron chi connectivity index (χ1n) is 3.58. The van der Waals surface area contributed by atoms with Gasteiger partial charge in [-0.3, -0.25) is 4.79 Å². The molecule has 1 rings (SSSR count). The second-order valence-corrected chi connectivity index (χ2v) is 3.07. The van der Waals surface area contributed by atoms with Crippen molar-refractivity contribution in [3.63, 3.8) is 0 Å². The molecule has 0 unspecified atom stereocenters. The monoisotopic (exact) mass is 238 g/mol. The Hall–Kier alpha value is -1.34. The number of carbonyl (C=O) groups is 1. The third-order valence-electron chi connectivity index (χ3n) is 1.32. The molecule has 1 aromatic rings. The average Bonchev–Trinajstić information content (AvgIpc) is 2.15. The summed E-state index contributed by atoms with van der Waals surface area (Å²) >= 11 is 3.21. The van der Waals surface area contributed by atoms with Gasteiger partial charge in [0.05, 0.1) is 6.54 Å². The van der Waals surface area contributed by atoms with Crippen LogP contribution in [-0.2, 0) is 0 Å². The molecule has 0 aliphatic carbocycles. The molecule has 0 fully saturated rings. The van der Waals surface area contributed by atoms with E-state index < -0.39 is 0 Å². The van der Waals surface area contributed by atoms with Gasteiger partial charge in [0.15, 0.2) is 0 Å². The molecule has 1 amide bonds. The van der Waals surface area contributed by atoms with Gasteiger partial charge in [-0.05, 0) is 28.1 Å². The fourth-order valence-corrected chi connectivity index (χ4v) is 1.20.